The van der Waals surface area contributed by atoms with Crippen LogP contribution in [0.1, 0.15) is 13.8 Å². The predicted molar refractivity (Wildman–Crippen MR) is 60.4 cm³/mol. The third-order valence-corrected chi connectivity index (χ3v) is 2.59. The van der Waals surface area contributed by atoms with Gasteiger partial charge in [-0.2, -0.15) is 0 Å². The van der Waals surface area contributed by atoms with Gasteiger partial charge in [0.1, 0.15) is 6.04 Å². The molecule has 0 aliphatic heterocycles. The SMILES string of the molecule is C#CCSCCNC(C(=O)O)C(C)C. The number of carbonyl (C=O) groups is 1. The lowest BCUT2D eigenvalue weighted by atomic mass is 10.1. The van der Waals surface area contributed by atoms with Gasteiger partial charge in [-0.3, -0.25) is 4.79 Å². The van der Waals surface area contributed by atoms with E-state index >= 15 is 0 Å². The Labute approximate surface area is 89.7 Å². The molecule has 1 unspecified atom stereocenters. The monoisotopic (exact) mass is 215 g/mol. The second-order valence-electron chi connectivity index (χ2n) is 3.27. The molecule has 0 aromatic rings. The second kappa shape index (κ2) is 7.72. The molecule has 2 N–H and O–H groups in total. The Morgan fingerprint density at radius 3 is 2.71 bits per heavy atom. The van der Waals surface area contributed by atoms with E-state index < -0.39 is 12.0 Å². The summed E-state index contributed by atoms with van der Waals surface area (Å²) in [6, 6.07) is -0.457. The van der Waals surface area contributed by atoms with Gasteiger partial charge in [-0.25, -0.2) is 0 Å². The van der Waals surface area contributed by atoms with Crippen LogP contribution in [0.3, 0.4) is 0 Å². The van der Waals surface area contributed by atoms with E-state index in [0.29, 0.717) is 12.3 Å². The van der Waals surface area contributed by atoms with Gasteiger partial charge in [-0.1, -0.05) is 19.8 Å². The maximum Gasteiger partial charge on any atom is 0.320 e. The van der Waals surface area contributed by atoms with Crippen molar-refractivity contribution in [2.75, 3.05) is 18.1 Å². The van der Waals surface area contributed by atoms with Crippen LogP contribution >= 0.6 is 11.8 Å². The Kier molecular flexibility index (Phi) is 7.35. The van der Waals surface area contributed by atoms with Crippen molar-refractivity contribution in [3.63, 3.8) is 0 Å². The minimum atomic E-state index is -0.790. The standard InChI is InChI=1S/C10H17NO2S/c1-4-6-14-7-5-11-9(8(2)3)10(12)13/h1,8-9,11H,5-7H2,2-3H3,(H,12,13). The molecule has 0 radical (unpaired) electrons. The first-order chi connectivity index (χ1) is 6.59. The average Bonchev–Trinajstić information content (AvgIpc) is 2.09. The minimum absolute atomic E-state index is 0.102. The minimum Gasteiger partial charge on any atom is -0.480 e. The van der Waals surface area contributed by atoms with E-state index in [0.717, 1.165) is 5.75 Å². The first kappa shape index (κ1) is 13.3. The molecule has 3 nitrogen and oxygen atoms in total. The molecule has 0 heterocycles. The number of rotatable bonds is 7. The van der Waals surface area contributed by atoms with Crippen molar-refractivity contribution in [2.45, 2.75) is 19.9 Å². The van der Waals surface area contributed by atoms with Gasteiger partial charge < -0.3 is 10.4 Å². The highest BCUT2D eigenvalue weighted by atomic mass is 32.2. The summed E-state index contributed by atoms with van der Waals surface area (Å²) in [6.45, 7) is 4.46. The summed E-state index contributed by atoms with van der Waals surface area (Å²) < 4.78 is 0. The first-order valence-electron chi connectivity index (χ1n) is 4.57. The van der Waals surface area contributed by atoms with Crippen LogP contribution in [0.2, 0.25) is 0 Å². The molecular weight excluding hydrogens is 198 g/mol. The third kappa shape index (κ3) is 5.90. The van der Waals surface area contributed by atoms with Crippen molar-refractivity contribution in [3.05, 3.63) is 0 Å². The highest BCUT2D eigenvalue weighted by Gasteiger charge is 2.19. The van der Waals surface area contributed by atoms with E-state index in [9.17, 15) is 4.79 Å². The zero-order valence-corrected chi connectivity index (χ0v) is 9.43. The number of thioether (sulfide) groups is 1. The van der Waals surface area contributed by atoms with Crippen LogP contribution < -0.4 is 5.32 Å². The van der Waals surface area contributed by atoms with Gasteiger partial charge in [0.05, 0.1) is 5.75 Å². The number of hydrogen-bond donors (Lipinski definition) is 2. The summed E-state index contributed by atoms with van der Waals surface area (Å²) >= 11 is 1.63. The largest absolute Gasteiger partial charge is 0.480 e. The van der Waals surface area contributed by atoms with Gasteiger partial charge in [-0.15, -0.1) is 18.2 Å². The molecule has 4 heteroatoms. The van der Waals surface area contributed by atoms with E-state index in [2.05, 4.69) is 11.2 Å². The van der Waals surface area contributed by atoms with Crippen molar-refractivity contribution in [2.24, 2.45) is 5.92 Å². The maximum atomic E-state index is 10.8. The molecule has 0 amide bonds. The highest BCUT2D eigenvalue weighted by Crippen LogP contribution is 2.02. The van der Waals surface area contributed by atoms with Gasteiger partial charge in [0.2, 0.25) is 0 Å². The van der Waals surface area contributed by atoms with Gasteiger partial charge in [0, 0.05) is 12.3 Å². The Morgan fingerprint density at radius 1 is 1.64 bits per heavy atom. The van der Waals surface area contributed by atoms with Crippen molar-refractivity contribution in [1.82, 2.24) is 5.32 Å². The fourth-order valence-electron chi connectivity index (χ4n) is 1.03. The molecule has 0 aliphatic rings. The van der Waals surface area contributed by atoms with E-state index in [1.165, 1.54) is 0 Å². The number of terminal acetylenes is 1. The number of carboxylic acid groups (broad SMARTS) is 1. The molecule has 0 aromatic heterocycles. The number of aliphatic carboxylic acids is 1. The molecule has 0 aromatic carbocycles. The van der Waals surface area contributed by atoms with E-state index in [-0.39, 0.29) is 5.92 Å². The Bertz CT molecular complexity index is 211. The Morgan fingerprint density at radius 2 is 2.29 bits per heavy atom. The molecule has 80 valence electrons. The fraction of sp³-hybridized carbons (Fsp3) is 0.700. The van der Waals surface area contributed by atoms with Crippen LogP contribution in [0.15, 0.2) is 0 Å². The molecule has 0 saturated carbocycles. The van der Waals surface area contributed by atoms with Crippen molar-refractivity contribution >= 4 is 17.7 Å². The van der Waals surface area contributed by atoms with Crippen molar-refractivity contribution in [1.29, 1.82) is 0 Å². The molecule has 0 spiro atoms. The molecular formula is C10H17NO2S. The molecule has 0 fully saturated rings. The normalized spacial score (nSPS) is 12.4. The zero-order valence-electron chi connectivity index (χ0n) is 8.62. The van der Waals surface area contributed by atoms with E-state index in [1.54, 1.807) is 11.8 Å². The van der Waals surface area contributed by atoms with Gasteiger partial charge in [-0.05, 0) is 5.92 Å². The van der Waals surface area contributed by atoms with Gasteiger partial charge in [0.15, 0.2) is 0 Å². The molecule has 0 rings (SSSR count). The molecule has 14 heavy (non-hydrogen) atoms. The van der Waals surface area contributed by atoms with Crippen LogP contribution in [-0.2, 0) is 4.79 Å². The summed E-state index contributed by atoms with van der Waals surface area (Å²) in [4.78, 5) is 10.8. The second-order valence-corrected chi connectivity index (χ2v) is 4.38. The number of nitrogens with one attached hydrogen (secondary N) is 1. The number of carboxylic acids is 1. The first-order valence-corrected chi connectivity index (χ1v) is 5.72. The lowest BCUT2D eigenvalue weighted by molar-refractivity contribution is -0.140. The van der Waals surface area contributed by atoms with E-state index in [1.807, 2.05) is 13.8 Å². The highest BCUT2D eigenvalue weighted by molar-refractivity contribution is 7.99. The maximum absolute atomic E-state index is 10.8. The zero-order chi connectivity index (χ0) is 11.0. The van der Waals surface area contributed by atoms with Crippen LogP contribution in [0.4, 0.5) is 0 Å². The van der Waals surface area contributed by atoms with Crippen LogP contribution in [0.25, 0.3) is 0 Å². The summed E-state index contributed by atoms with van der Waals surface area (Å²) in [6.07, 6.45) is 5.08. The smallest absolute Gasteiger partial charge is 0.320 e. The quantitative estimate of drug-likeness (QED) is 0.492. The Balaban J connectivity index is 3.63. The molecule has 0 aliphatic carbocycles. The van der Waals surface area contributed by atoms with Gasteiger partial charge >= 0.3 is 5.97 Å². The van der Waals surface area contributed by atoms with Crippen LogP contribution in [0, 0.1) is 18.3 Å². The Hall–Kier alpha value is -0.660. The summed E-state index contributed by atoms with van der Waals surface area (Å²) in [7, 11) is 0. The lowest BCUT2D eigenvalue weighted by Gasteiger charge is -2.17. The molecule has 0 bridgehead atoms. The fourth-order valence-corrected chi connectivity index (χ4v) is 1.55. The lowest BCUT2D eigenvalue weighted by Crippen LogP contribution is -2.41. The number of hydrogen-bond acceptors (Lipinski definition) is 3. The topological polar surface area (TPSA) is 49.3 Å². The molecule has 0 saturated heterocycles. The average molecular weight is 215 g/mol. The van der Waals surface area contributed by atoms with Crippen LogP contribution in [0.5, 0.6) is 0 Å². The van der Waals surface area contributed by atoms with Crippen molar-refractivity contribution < 1.29 is 9.90 Å². The molecule has 1 atom stereocenters. The van der Waals surface area contributed by atoms with E-state index in [4.69, 9.17) is 11.5 Å². The third-order valence-electron chi connectivity index (χ3n) is 1.73. The van der Waals surface area contributed by atoms with Crippen molar-refractivity contribution in [3.8, 4) is 12.3 Å². The van der Waals surface area contributed by atoms with Gasteiger partial charge in [0.25, 0.3) is 0 Å². The van der Waals surface area contributed by atoms with Crippen LogP contribution in [-0.4, -0.2) is 35.2 Å². The summed E-state index contributed by atoms with van der Waals surface area (Å²) in [5.41, 5.74) is 0. The summed E-state index contributed by atoms with van der Waals surface area (Å²) in [5, 5.41) is 11.8. The summed E-state index contributed by atoms with van der Waals surface area (Å²) in [5.74, 6) is 3.36. The predicted octanol–water partition coefficient (Wildman–Crippen LogP) is 1.05.